The summed E-state index contributed by atoms with van der Waals surface area (Å²) in [6.45, 7) is 2.04. The van der Waals surface area contributed by atoms with E-state index in [0.717, 1.165) is 5.76 Å². The van der Waals surface area contributed by atoms with Crippen molar-refractivity contribution in [2.24, 2.45) is 5.73 Å². The van der Waals surface area contributed by atoms with Gasteiger partial charge in [-0.25, -0.2) is 0 Å². The van der Waals surface area contributed by atoms with Crippen LogP contribution in [0.4, 0.5) is 0 Å². The number of furan rings is 1. The highest BCUT2D eigenvalue weighted by molar-refractivity contribution is 7.99. The highest BCUT2D eigenvalue weighted by Gasteiger charge is 2.21. The normalized spacial score (nSPS) is 17.2. The molecule has 0 fully saturated rings. The summed E-state index contributed by atoms with van der Waals surface area (Å²) >= 11 is 1.80. The lowest BCUT2D eigenvalue weighted by Gasteiger charge is -2.18. The fourth-order valence-electron chi connectivity index (χ4n) is 2.65. The van der Waals surface area contributed by atoms with Crippen molar-refractivity contribution in [3.63, 3.8) is 0 Å². The van der Waals surface area contributed by atoms with Gasteiger partial charge in [0.25, 0.3) is 0 Å². The molecular formula is C16H19NOS. The van der Waals surface area contributed by atoms with Crippen LogP contribution in [0, 0.1) is 0 Å². The van der Waals surface area contributed by atoms with Crippen LogP contribution >= 0.6 is 11.8 Å². The van der Waals surface area contributed by atoms with Gasteiger partial charge >= 0.3 is 0 Å². The molecule has 0 saturated heterocycles. The van der Waals surface area contributed by atoms with Gasteiger partial charge in [-0.2, -0.15) is 0 Å². The highest BCUT2D eigenvalue weighted by Crippen LogP contribution is 2.38. The van der Waals surface area contributed by atoms with Crippen LogP contribution in [0.25, 0.3) is 0 Å². The molecule has 0 amide bonds. The molecule has 1 aromatic carbocycles. The van der Waals surface area contributed by atoms with Gasteiger partial charge in [0, 0.05) is 10.9 Å². The average molecular weight is 273 g/mol. The van der Waals surface area contributed by atoms with Crippen LogP contribution in [0.2, 0.25) is 0 Å². The lowest BCUT2D eigenvalue weighted by Crippen LogP contribution is -2.22. The summed E-state index contributed by atoms with van der Waals surface area (Å²) in [6, 6.07) is 10.8. The van der Waals surface area contributed by atoms with Gasteiger partial charge in [-0.3, -0.25) is 0 Å². The first kappa shape index (κ1) is 12.8. The third-order valence-electron chi connectivity index (χ3n) is 3.63. The van der Waals surface area contributed by atoms with Crippen molar-refractivity contribution < 1.29 is 4.42 Å². The molecular weight excluding hydrogens is 254 g/mol. The molecule has 2 unspecified atom stereocenters. The molecule has 1 aliphatic carbocycles. The molecule has 0 bridgehead atoms. The van der Waals surface area contributed by atoms with Crippen LogP contribution in [0.3, 0.4) is 0 Å². The Bertz CT molecular complexity index is 548. The van der Waals surface area contributed by atoms with E-state index in [1.165, 1.54) is 35.3 Å². The second kappa shape index (κ2) is 5.43. The third-order valence-corrected chi connectivity index (χ3v) is 5.08. The molecule has 3 heteroatoms. The molecule has 1 aliphatic rings. The number of benzene rings is 1. The van der Waals surface area contributed by atoms with E-state index in [4.69, 9.17) is 10.2 Å². The number of fused-ring (bicyclic) bond motifs is 1. The number of hydrogen-bond acceptors (Lipinski definition) is 3. The van der Waals surface area contributed by atoms with Crippen LogP contribution < -0.4 is 5.73 Å². The minimum Gasteiger partial charge on any atom is -0.468 e. The van der Waals surface area contributed by atoms with E-state index >= 15 is 0 Å². The van der Waals surface area contributed by atoms with E-state index in [-0.39, 0.29) is 11.3 Å². The van der Waals surface area contributed by atoms with Crippen LogP contribution in [0.5, 0.6) is 0 Å². The zero-order valence-electron chi connectivity index (χ0n) is 11.1. The summed E-state index contributed by atoms with van der Waals surface area (Å²) in [5.41, 5.74) is 9.13. The number of aryl methyl sites for hydroxylation is 2. The minimum absolute atomic E-state index is 0.0596. The van der Waals surface area contributed by atoms with Crippen molar-refractivity contribution >= 4 is 11.8 Å². The Labute approximate surface area is 118 Å². The van der Waals surface area contributed by atoms with Crippen molar-refractivity contribution in [1.29, 1.82) is 0 Å². The van der Waals surface area contributed by atoms with Crippen molar-refractivity contribution in [3.05, 3.63) is 53.5 Å². The van der Waals surface area contributed by atoms with Crippen LogP contribution in [0.1, 0.15) is 35.5 Å². The molecule has 0 radical (unpaired) electrons. The van der Waals surface area contributed by atoms with Gasteiger partial charge in [-0.1, -0.05) is 6.07 Å². The van der Waals surface area contributed by atoms with E-state index in [1.807, 2.05) is 19.1 Å². The van der Waals surface area contributed by atoms with Crippen molar-refractivity contribution in [2.75, 3.05) is 0 Å². The average Bonchev–Trinajstić information content (AvgIpc) is 3.06. The monoisotopic (exact) mass is 273 g/mol. The topological polar surface area (TPSA) is 39.2 Å². The lowest BCUT2D eigenvalue weighted by atomic mass is 10.1. The number of hydrogen-bond donors (Lipinski definition) is 1. The molecule has 100 valence electrons. The van der Waals surface area contributed by atoms with E-state index in [1.54, 1.807) is 18.0 Å². The summed E-state index contributed by atoms with van der Waals surface area (Å²) in [7, 11) is 0. The maximum atomic E-state index is 6.11. The first-order valence-electron chi connectivity index (χ1n) is 6.81. The molecule has 0 saturated carbocycles. The number of thioether (sulfide) groups is 1. The molecule has 1 heterocycles. The van der Waals surface area contributed by atoms with E-state index in [2.05, 4.69) is 18.2 Å². The summed E-state index contributed by atoms with van der Waals surface area (Å²) < 4.78 is 5.52. The van der Waals surface area contributed by atoms with Gasteiger partial charge < -0.3 is 10.2 Å². The maximum absolute atomic E-state index is 6.11. The fraction of sp³-hybridized carbons (Fsp3) is 0.375. The minimum atomic E-state index is 0.0596. The summed E-state index contributed by atoms with van der Waals surface area (Å²) in [6.07, 6.45) is 5.45. The largest absolute Gasteiger partial charge is 0.468 e. The number of rotatable bonds is 4. The SMILES string of the molecule is CC(N)C(Sc1ccc2c(c1)CCC2)c1ccco1. The Morgan fingerprint density at radius 3 is 2.79 bits per heavy atom. The summed E-state index contributed by atoms with van der Waals surface area (Å²) in [5, 5.41) is 0.175. The molecule has 0 aliphatic heterocycles. The third kappa shape index (κ3) is 2.72. The van der Waals surface area contributed by atoms with Gasteiger partial charge in [0.1, 0.15) is 5.76 Å². The molecule has 2 aromatic rings. The molecule has 2 nitrogen and oxygen atoms in total. The Morgan fingerprint density at radius 1 is 1.21 bits per heavy atom. The standard InChI is InChI=1S/C16H19NOS/c1-11(17)16(15-6-3-9-18-15)19-14-8-7-12-4-2-5-13(12)10-14/h3,6-11,16H,2,4-5,17H2,1H3. The highest BCUT2D eigenvalue weighted by atomic mass is 32.2. The van der Waals surface area contributed by atoms with E-state index < -0.39 is 0 Å². The fourth-order valence-corrected chi connectivity index (χ4v) is 3.76. The Kier molecular flexibility index (Phi) is 3.67. The van der Waals surface area contributed by atoms with E-state index in [0.29, 0.717) is 0 Å². The zero-order valence-corrected chi connectivity index (χ0v) is 12.0. The molecule has 0 spiro atoms. The first-order valence-corrected chi connectivity index (χ1v) is 7.69. The molecule has 1 aromatic heterocycles. The first-order chi connectivity index (χ1) is 9.24. The second-order valence-corrected chi connectivity index (χ2v) is 6.41. The summed E-state index contributed by atoms with van der Waals surface area (Å²) in [5.74, 6) is 0.959. The van der Waals surface area contributed by atoms with Gasteiger partial charge in [0.15, 0.2) is 0 Å². The Balaban J connectivity index is 1.82. The van der Waals surface area contributed by atoms with Crippen LogP contribution in [0.15, 0.2) is 45.9 Å². The van der Waals surface area contributed by atoms with Crippen LogP contribution in [-0.2, 0) is 12.8 Å². The van der Waals surface area contributed by atoms with Crippen molar-refractivity contribution in [2.45, 2.75) is 42.4 Å². The van der Waals surface area contributed by atoms with Gasteiger partial charge in [0.2, 0.25) is 0 Å². The lowest BCUT2D eigenvalue weighted by molar-refractivity contribution is 0.487. The molecule has 19 heavy (non-hydrogen) atoms. The molecule has 2 N–H and O–H groups in total. The zero-order chi connectivity index (χ0) is 13.2. The summed E-state index contributed by atoms with van der Waals surface area (Å²) in [4.78, 5) is 1.29. The van der Waals surface area contributed by atoms with Crippen molar-refractivity contribution in [1.82, 2.24) is 0 Å². The maximum Gasteiger partial charge on any atom is 0.118 e. The predicted octanol–water partition coefficient (Wildman–Crippen LogP) is 3.95. The van der Waals surface area contributed by atoms with E-state index in [9.17, 15) is 0 Å². The van der Waals surface area contributed by atoms with Crippen molar-refractivity contribution in [3.8, 4) is 0 Å². The van der Waals surface area contributed by atoms with Gasteiger partial charge in [0.05, 0.1) is 11.5 Å². The Hall–Kier alpha value is -1.19. The Morgan fingerprint density at radius 2 is 2.05 bits per heavy atom. The molecule has 3 rings (SSSR count). The quantitative estimate of drug-likeness (QED) is 0.857. The second-order valence-electron chi connectivity index (χ2n) is 5.20. The van der Waals surface area contributed by atoms with Gasteiger partial charge in [-0.05, 0) is 61.6 Å². The predicted molar refractivity (Wildman–Crippen MR) is 79.4 cm³/mol. The van der Waals surface area contributed by atoms with Crippen LogP contribution in [-0.4, -0.2) is 6.04 Å². The van der Waals surface area contributed by atoms with Gasteiger partial charge in [-0.15, -0.1) is 11.8 Å². The molecule has 2 atom stereocenters. The number of nitrogens with two attached hydrogens (primary N) is 1. The smallest absolute Gasteiger partial charge is 0.118 e.